The van der Waals surface area contributed by atoms with E-state index in [0.29, 0.717) is 0 Å². The van der Waals surface area contributed by atoms with Crippen LogP contribution in [0.4, 0.5) is 0 Å². The van der Waals surface area contributed by atoms with Crippen LogP contribution in [0.3, 0.4) is 0 Å². The number of ether oxygens (including phenoxy) is 2. The minimum atomic E-state index is -2.05. The Morgan fingerprint density at radius 2 is 0.969 bits per heavy atom. The van der Waals surface area contributed by atoms with Gasteiger partial charge in [-0.15, -0.1) is 0 Å². The molecule has 0 saturated heterocycles. The lowest BCUT2D eigenvalue weighted by molar-refractivity contribution is -0.00000654. The highest BCUT2D eigenvalue weighted by Gasteiger charge is 2.46. The van der Waals surface area contributed by atoms with Gasteiger partial charge in [0, 0.05) is 4.47 Å². The first kappa shape index (κ1) is 24.3. The van der Waals surface area contributed by atoms with E-state index < -0.39 is 7.26 Å². The van der Waals surface area contributed by atoms with Gasteiger partial charge in [-0.3, -0.25) is 0 Å². The highest BCUT2D eigenvalue weighted by Crippen LogP contribution is 2.60. The van der Waals surface area contributed by atoms with Crippen molar-refractivity contribution in [2.24, 2.45) is 0 Å². The van der Waals surface area contributed by atoms with Crippen molar-refractivity contribution >= 4 is 39.1 Å². The van der Waals surface area contributed by atoms with Gasteiger partial charge in [0.1, 0.15) is 40.8 Å². The molecule has 0 fully saturated rings. The summed E-state index contributed by atoms with van der Waals surface area (Å²) in [7, 11) is 1.40. The topological polar surface area (TPSA) is 18.5 Å². The Kier molecular flexibility index (Phi) is 8.37. The molecule has 0 spiro atoms. The number of hydrogen-bond donors (Lipinski definition) is 0. The Morgan fingerprint density at radius 3 is 1.28 bits per heavy atom. The molecule has 2 nitrogen and oxygen atoms in total. The second-order valence-corrected chi connectivity index (χ2v) is 11.7. The first-order chi connectivity index (χ1) is 15.2. The summed E-state index contributed by atoms with van der Waals surface area (Å²) in [5.41, 5.74) is 1.08. The Morgan fingerprint density at radius 1 is 0.625 bits per heavy atom. The van der Waals surface area contributed by atoms with Crippen molar-refractivity contribution in [3.05, 3.63) is 113 Å². The molecule has 0 saturated carbocycles. The largest absolute Gasteiger partial charge is 1.00 e. The molecule has 0 aliphatic carbocycles. The predicted octanol–water partition coefficient (Wildman–Crippen LogP) is 2.96. The van der Waals surface area contributed by atoms with Crippen LogP contribution < -0.4 is 37.8 Å². The third kappa shape index (κ3) is 4.71. The zero-order valence-electron chi connectivity index (χ0n) is 18.0. The molecule has 0 atom stereocenters. The fourth-order valence-electron chi connectivity index (χ4n) is 4.11. The first-order valence-corrected chi connectivity index (χ1v) is 12.9. The molecule has 0 heterocycles. The highest BCUT2D eigenvalue weighted by molar-refractivity contribution is 9.10. The van der Waals surface area contributed by atoms with Gasteiger partial charge in [-0.1, -0.05) is 70.5 Å². The van der Waals surface area contributed by atoms with Gasteiger partial charge < -0.3 is 21.9 Å². The molecule has 4 aromatic rings. The summed E-state index contributed by atoms with van der Waals surface area (Å²) in [6, 6.07) is 36.6. The summed E-state index contributed by atoms with van der Waals surface area (Å²) >= 11 is 3.59. The number of rotatable bonds is 7. The molecular formula is C27H25BrClO2P. The van der Waals surface area contributed by atoms with Crippen LogP contribution >= 0.6 is 23.2 Å². The maximum Gasteiger partial charge on any atom is 0.130 e. The standard InChI is InChI=1S/C27H25BrO2P.ClH/c1-29-26-18-21(28)19-27(30-2)25(26)20-31(22-12-6-3-7-13-22,23-14-8-4-9-15-23)24-16-10-5-11-17-24;/h3-19H,20H2,1-2H3;1H/q+1;/p-1. The van der Waals surface area contributed by atoms with Crippen LogP contribution in [0.1, 0.15) is 5.56 Å². The van der Waals surface area contributed by atoms with E-state index in [1.807, 2.05) is 12.1 Å². The molecule has 164 valence electrons. The lowest BCUT2D eigenvalue weighted by Gasteiger charge is -2.29. The van der Waals surface area contributed by atoms with Gasteiger partial charge in [0.25, 0.3) is 0 Å². The molecule has 0 aromatic heterocycles. The van der Waals surface area contributed by atoms with Gasteiger partial charge in [0.05, 0.1) is 19.8 Å². The second kappa shape index (κ2) is 11.0. The zero-order chi connectivity index (χ0) is 21.7. The molecule has 0 aliphatic heterocycles. The Balaban J connectivity index is 0.00000289. The second-order valence-electron chi connectivity index (χ2n) is 7.26. The minimum absolute atomic E-state index is 0. The minimum Gasteiger partial charge on any atom is -1.00 e. The van der Waals surface area contributed by atoms with Crippen molar-refractivity contribution in [2.45, 2.75) is 6.16 Å². The van der Waals surface area contributed by atoms with Crippen LogP contribution in [0.5, 0.6) is 11.5 Å². The predicted molar refractivity (Wildman–Crippen MR) is 136 cm³/mol. The van der Waals surface area contributed by atoms with Crippen LogP contribution in [-0.4, -0.2) is 14.2 Å². The van der Waals surface area contributed by atoms with E-state index in [-0.39, 0.29) is 12.4 Å². The van der Waals surface area contributed by atoms with Gasteiger partial charge in [-0.25, -0.2) is 0 Å². The van der Waals surface area contributed by atoms with E-state index in [0.717, 1.165) is 27.7 Å². The monoisotopic (exact) mass is 526 g/mol. The fraction of sp³-hybridized carbons (Fsp3) is 0.111. The molecule has 0 aliphatic rings. The third-order valence-corrected chi connectivity index (χ3v) is 10.3. The molecule has 0 amide bonds. The summed E-state index contributed by atoms with van der Waals surface area (Å²) in [5.74, 6) is 1.66. The summed E-state index contributed by atoms with van der Waals surface area (Å²) < 4.78 is 12.6. The number of benzene rings is 4. The van der Waals surface area contributed by atoms with E-state index in [2.05, 4.69) is 107 Å². The van der Waals surface area contributed by atoms with E-state index in [4.69, 9.17) is 9.47 Å². The van der Waals surface area contributed by atoms with Crippen LogP contribution in [0.2, 0.25) is 0 Å². The van der Waals surface area contributed by atoms with E-state index in [1.54, 1.807) is 14.2 Å². The average molecular weight is 528 g/mol. The highest BCUT2D eigenvalue weighted by atomic mass is 79.9. The van der Waals surface area contributed by atoms with Crippen molar-refractivity contribution in [3.63, 3.8) is 0 Å². The summed E-state index contributed by atoms with van der Waals surface area (Å²) in [5, 5.41) is 4.00. The lowest BCUT2D eigenvalue weighted by Crippen LogP contribution is -3.00. The maximum absolute atomic E-state index is 5.83. The lowest BCUT2D eigenvalue weighted by atomic mass is 10.2. The molecule has 4 aromatic carbocycles. The molecule has 5 heteroatoms. The third-order valence-electron chi connectivity index (χ3n) is 5.56. The van der Waals surface area contributed by atoms with E-state index in [1.165, 1.54) is 15.9 Å². The van der Waals surface area contributed by atoms with Crippen molar-refractivity contribution in [2.75, 3.05) is 14.2 Å². The zero-order valence-corrected chi connectivity index (χ0v) is 21.3. The van der Waals surface area contributed by atoms with Crippen molar-refractivity contribution in [3.8, 4) is 11.5 Å². The molecule has 0 N–H and O–H groups in total. The van der Waals surface area contributed by atoms with Gasteiger partial charge in [0.15, 0.2) is 0 Å². The van der Waals surface area contributed by atoms with Gasteiger partial charge in [-0.2, -0.15) is 0 Å². The summed E-state index contributed by atoms with van der Waals surface area (Å²) in [6.07, 6.45) is 0.796. The molecule has 0 bridgehead atoms. The van der Waals surface area contributed by atoms with Crippen LogP contribution in [0.15, 0.2) is 108 Å². The van der Waals surface area contributed by atoms with E-state index in [9.17, 15) is 0 Å². The molecule has 32 heavy (non-hydrogen) atoms. The number of halogens is 2. The van der Waals surface area contributed by atoms with Crippen molar-refractivity contribution in [1.29, 1.82) is 0 Å². The molecule has 0 unspecified atom stereocenters. The van der Waals surface area contributed by atoms with Gasteiger partial charge in [-0.05, 0) is 48.5 Å². The normalized spacial score (nSPS) is 10.8. The van der Waals surface area contributed by atoms with E-state index >= 15 is 0 Å². The first-order valence-electron chi connectivity index (χ1n) is 10.1. The number of hydrogen-bond acceptors (Lipinski definition) is 2. The molecule has 0 radical (unpaired) electrons. The SMILES string of the molecule is COc1cc(Br)cc(OC)c1C[P+](c1ccccc1)(c1ccccc1)c1ccccc1.[Cl-]. The fourth-order valence-corrected chi connectivity index (χ4v) is 8.80. The van der Waals surface area contributed by atoms with Gasteiger partial charge >= 0.3 is 0 Å². The molecule has 4 rings (SSSR count). The summed E-state index contributed by atoms with van der Waals surface area (Å²) in [6.45, 7) is 0. The van der Waals surface area contributed by atoms with Crippen molar-refractivity contribution in [1.82, 2.24) is 0 Å². The van der Waals surface area contributed by atoms with Crippen molar-refractivity contribution < 1.29 is 21.9 Å². The van der Waals surface area contributed by atoms with Gasteiger partial charge in [0.2, 0.25) is 0 Å². The quantitative estimate of drug-likeness (QED) is 0.344. The van der Waals surface area contributed by atoms with Crippen LogP contribution in [0, 0.1) is 0 Å². The Hall–Kier alpha value is -2.32. The van der Waals surface area contributed by atoms with Crippen LogP contribution in [-0.2, 0) is 6.16 Å². The summed E-state index contributed by atoms with van der Waals surface area (Å²) in [4.78, 5) is 0. The molecular weight excluding hydrogens is 503 g/mol. The maximum atomic E-state index is 5.83. The number of methoxy groups -OCH3 is 2. The average Bonchev–Trinajstić information content (AvgIpc) is 2.84. The smallest absolute Gasteiger partial charge is 0.130 e. The Bertz CT molecular complexity index is 1020. The Labute approximate surface area is 205 Å². The van der Waals surface area contributed by atoms with Crippen LogP contribution in [0.25, 0.3) is 0 Å².